The van der Waals surface area contributed by atoms with E-state index >= 15 is 0 Å². The van der Waals surface area contributed by atoms with E-state index in [1.807, 2.05) is 0 Å². The standard InChI is InChI=1S/C23H37N3O2/c1-3-24-22(26(2)14-9-20-10-15-27-16-11-20)25-19-23(12-17-28-18-13-23)21-7-5-4-6-8-21/h4-8,20H,3,9-19H2,1-2H3,(H,24,25). The molecule has 2 aliphatic rings. The Labute approximate surface area is 170 Å². The second kappa shape index (κ2) is 10.8. The maximum absolute atomic E-state index is 5.67. The van der Waals surface area contributed by atoms with E-state index in [-0.39, 0.29) is 5.41 Å². The molecule has 0 unspecified atom stereocenters. The van der Waals surface area contributed by atoms with Crippen molar-refractivity contribution in [3.8, 4) is 0 Å². The van der Waals surface area contributed by atoms with Crippen LogP contribution in [0.4, 0.5) is 0 Å². The lowest BCUT2D eigenvalue weighted by atomic mass is 9.74. The molecular formula is C23H37N3O2. The predicted octanol–water partition coefficient (Wildman–Crippen LogP) is 3.45. The Morgan fingerprint density at radius 2 is 1.79 bits per heavy atom. The normalized spacial score (nSPS) is 20.7. The third-order valence-corrected chi connectivity index (χ3v) is 6.28. The Morgan fingerprint density at radius 1 is 1.11 bits per heavy atom. The molecule has 2 aliphatic heterocycles. The highest BCUT2D eigenvalue weighted by Gasteiger charge is 2.34. The van der Waals surface area contributed by atoms with Crippen LogP contribution in [0.15, 0.2) is 35.3 Å². The van der Waals surface area contributed by atoms with Crippen molar-refractivity contribution in [1.29, 1.82) is 0 Å². The number of hydrogen-bond donors (Lipinski definition) is 1. The maximum atomic E-state index is 5.67. The van der Waals surface area contributed by atoms with Crippen LogP contribution in [0, 0.1) is 5.92 Å². The minimum atomic E-state index is 0.0850. The highest BCUT2D eigenvalue weighted by molar-refractivity contribution is 5.79. The Balaban J connectivity index is 1.67. The Kier molecular flexibility index (Phi) is 8.16. The fourth-order valence-electron chi connectivity index (χ4n) is 4.31. The zero-order chi connectivity index (χ0) is 19.7. The van der Waals surface area contributed by atoms with Crippen molar-refractivity contribution in [3.05, 3.63) is 35.9 Å². The largest absolute Gasteiger partial charge is 0.381 e. The van der Waals surface area contributed by atoms with E-state index in [4.69, 9.17) is 14.5 Å². The van der Waals surface area contributed by atoms with E-state index in [2.05, 4.69) is 54.5 Å². The van der Waals surface area contributed by atoms with Crippen LogP contribution >= 0.6 is 0 Å². The van der Waals surface area contributed by atoms with Crippen LogP contribution in [0.1, 0.15) is 44.6 Å². The van der Waals surface area contributed by atoms with Gasteiger partial charge in [0, 0.05) is 52.0 Å². The average Bonchev–Trinajstić information content (AvgIpc) is 2.77. The van der Waals surface area contributed by atoms with Gasteiger partial charge in [0.2, 0.25) is 0 Å². The van der Waals surface area contributed by atoms with Crippen LogP contribution in [-0.2, 0) is 14.9 Å². The molecule has 0 aromatic heterocycles. The van der Waals surface area contributed by atoms with Gasteiger partial charge in [0.25, 0.3) is 0 Å². The average molecular weight is 388 g/mol. The summed E-state index contributed by atoms with van der Waals surface area (Å²) in [5.41, 5.74) is 1.48. The number of guanidine groups is 1. The fourth-order valence-corrected chi connectivity index (χ4v) is 4.31. The van der Waals surface area contributed by atoms with Crippen molar-refractivity contribution < 1.29 is 9.47 Å². The second-order valence-corrected chi connectivity index (χ2v) is 8.19. The van der Waals surface area contributed by atoms with Gasteiger partial charge in [0.05, 0.1) is 6.54 Å². The molecule has 0 radical (unpaired) electrons. The molecule has 0 saturated carbocycles. The SMILES string of the molecule is CCNC(=NCC1(c2ccccc2)CCOCC1)N(C)CCC1CCOCC1. The second-order valence-electron chi connectivity index (χ2n) is 8.19. The molecule has 28 heavy (non-hydrogen) atoms. The molecule has 1 N–H and O–H groups in total. The van der Waals surface area contributed by atoms with E-state index in [0.29, 0.717) is 0 Å². The Morgan fingerprint density at radius 3 is 2.46 bits per heavy atom. The lowest BCUT2D eigenvalue weighted by Gasteiger charge is -2.37. The molecule has 0 atom stereocenters. The first kappa shape index (κ1) is 21.1. The van der Waals surface area contributed by atoms with Crippen LogP contribution in [0.5, 0.6) is 0 Å². The van der Waals surface area contributed by atoms with Crippen LogP contribution < -0.4 is 5.32 Å². The lowest BCUT2D eigenvalue weighted by molar-refractivity contribution is 0.0529. The minimum absolute atomic E-state index is 0.0850. The van der Waals surface area contributed by atoms with Gasteiger partial charge in [0.15, 0.2) is 5.96 Å². The van der Waals surface area contributed by atoms with Gasteiger partial charge >= 0.3 is 0 Å². The van der Waals surface area contributed by atoms with Crippen molar-refractivity contribution >= 4 is 5.96 Å². The van der Waals surface area contributed by atoms with Crippen LogP contribution in [0.25, 0.3) is 0 Å². The van der Waals surface area contributed by atoms with E-state index in [1.165, 1.54) is 24.8 Å². The van der Waals surface area contributed by atoms with E-state index in [9.17, 15) is 0 Å². The molecule has 0 bridgehead atoms. The molecule has 0 amide bonds. The van der Waals surface area contributed by atoms with Gasteiger partial charge in [0.1, 0.15) is 0 Å². The van der Waals surface area contributed by atoms with Crippen molar-refractivity contribution in [3.63, 3.8) is 0 Å². The summed E-state index contributed by atoms with van der Waals surface area (Å²) in [6.45, 7) is 8.36. The van der Waals surface area contributed by atoms with Gasteiger partial charge < -0.3 is 19.7 Å². The first-order valence-corrected chi connectivity index (χ1v) is 10.9. The molecule has 156 valence electrons. The number of ether oxygens (including phenoxy) is 2. The quantitative estimate of drug-likeness (QED) is 0.575. The fraction of sp³-hybridized carbons (Fsp3) is 0.696. The highest BCUT2D eigenvalue weighted by atomic mass is 16.5. The molecule has 1 aromatic carbocycles. The number of rotatable bonds is 7. The molecule has 0 aliphatic carbocycles. The summed E-state index contributed by atoms with van der Waals surface area (Å²) < 4.78 is 11.2. The number of benzene rings is 1. The van der Waals surface area contributed by atoms with Gasteiger partial charge in [-0.05, 0) is 50.5 Å². The van der Waals surface area contributed by atoms with E-state index < -0.39 is 0 Å². The number of nitrogens with one attached hydrogen (secondary N) is 1. The summed E-state index contributed by atoms with van der Waals surface area (Å²) in [6, 6.07) is 10.9. The van der Waals surface area contributed by atoms with Crippen LogP contribution in [-0.4, -0.2) is 64.0 Å². The molecule has 1 aromatic rings. The molecule has 2 heterocycles. The molecule has 5 heteroatoms. The summed E-state index contributed by atoms with van der Waals surface area (Å²) >= 11 is 0. The van der Waals surface area contributed by atoms with Gasteiger partial charge in [-0.25, -0.2) is 0 Å². The number of aliphatic imine (C=N–C) groups is 1. The smallest absolute Gasteiger partial charge is 0.193 e. The lowest BCUT2D eigenvalue weighted by Crippen LogP contribution is -2.42. The van der Waals surface area contributed by atoms with Crippen molar-refractivity contribution in [2.45, 2.75) is 44.4 Å². The van der Waals surface area contributed by atoms with Crippen molar-refractivity contribution in [2.75, 3.05) is 53.1 Å². The predicted molar refractivity (Wildman–Crippen MR) is 115 cm³/mol. The Bertz CT molecular complexity index is 593. The third kappa shape index (κ3) is 5.71. The summed E-state index contributed by atoms with van der Waals surface area (Å²) in [4.78, 5) is 7.40. The van der Waals surface area contributed by atoms with Crippen LogP contribution in [0.3, 0.4) is 0 Å². The first-order chi connectivity index (χ1) is 13.7. The number of nitrogens with zero attached hydrogens (tertiary/aromatic N) is 2. The van der Waals surface area contributed by atoms with Crippen molar-refractivity contribution in [2.24, 2.45) is 10.9 Å². The molecule has 3 rings (SSSR count). The van der Waals surface area contributed by atoms with Gasteiger partial charge in [-0.1, -0.05) is 30.3 Å². The number of hydrogen-bond acceptors (Lipinski definition) is 3. The van der Waals surface area contributed by atoms with Gasteiger partial charge in [-0.2, -0.15) is 0 Å². The summed E-state index contributed by atoms with van der Waals surface area (Å²) in [6.07, 6.45) is 5.66. The summed E-state index contributed by atoms with van der Waals surface area (Å²) in [5.74, 6) is 1.81. The first-order valence-electron chi connectivity index (χ1n) is 10.9. The molecule has 2 saturated heterocycles. The molecular weight excluding hydrogens is 350 g/mol. The zero-order valence-corrected chi connectivity index (χ0v) is 17.7. The van der Waals surface area contributed by atoms with Crippen molar-refractivity contribution in [1.82, 2.24) is 10.2 Å². The van der Waals surface area contributed by atoms with Gasteiger partial charge in [-0.15, -0.1) is 0 Å². The summed E-state index contributed by atoms with van der Waals surface area (Å²) in [5, 5.41) is 3.50. The van der Waals surface area contributed by atoms with Gasteiger partial charge in [-0.3, -0.25) is 4.99 Å². The van der Waals surface area contributed by atoms with E-state index in [0.717, 1.165) is 70.8 Å². The highest BCUT2D eigenvalue weighted by Crippen LogP contribution is 2.35. The third-order valence-electron chi connectivity index (χ3n) is 6.28. The Hall–Kier alpha value is -1.59. The molecule has 0 spiro atoms. The topological polar surface area (TPSA) is 46.1 Å². The monoisotopic (exact) mass is 387 g/mol. The van der Waals surface area contributed by atoms with Crippen LogP contribution in [0.2, 0.25) is 0 Å². The molecule has 2 fully saturated rings. The van der Waals surface area contributed by atoms with E-state index in [1.54, 1.807) is 0 Å². The summed E-state index contributed by atoms with van der Waals surface area (Å²) in [7, 11) is 2.17. The molecule has 5 nitrogen and oxygen atoms in total. The maximum Gasteiger partial charge on any atom is 0.193 e. The minimum Gasteiger partial charge on any atom is -0.381 e. The zero-order valence-electron chi connectivity index (χ0n) is 17.7.